The van der Waals surface area contributed by atoms with Crippen LogP contribution in [0.2, 0.25) is 0 Å². The zero-order valence-corrected chi connectivity index (χ0v) is 10.4. The van der Waals surface area contributed by atoms with Crippen LogP contribution in [-0.4, -0.2) is 5.78 Å². The first-order valence-corrected chi connectivity index (χ1v) is 5.91. The van der Waals surface area contributed by atoms with Gasteiger partial charge in [-0.05, 0) is 38.3 Å². The zero-order valence-electron chi connectivity index (χ0n) is 10.4. The molecular weight excluding hydrogens is 196 g/mol. The van der Waals surface area contributed by atoms with Gasteiger partial charge in [0.25, 0.3) is 0 Å². The predicted octanol–water partition coefficient (Wildman–Crippen LogP) is 4.18. The fourth-order valence-corrected chi connectivity index (χ4v) is 1.56. The summed E-state index contributed by atoms with van der Waals surface area (Å²) >= 11 is 0. The van der Waals surface area contributed by atoms with Crippen molar-refractivity contribution in [2.24, 2.45) is 0 Å². The minimum absolute atomic E-state index is 0.0991. The van der Waals surface area contributed by atoms with Gasteiger partial charge in [0.05, 0.1) is 0 Å². The van der Waals surface area contributed by atoms with Gasteiger partial charge >= 0.3 is 0 Å². The van der Waals surface area contributed by atoms with Crippen molar-refractivity contribution < 1.29 is 4.79 Å². The second-order valence-corrected chi connectivity index (χ2v) is 4.39. The Labute approximate surface area is 98.2 Å². The predicted molar refractivity (Wildman–Crippen MR) is 68.8 cm³/mol. The summed E-state index contributed by atoms with van der Waals surface area (Å²) in [6, 6.07) is 7.96. The summed E-state index contributed by atoms with van der Waals surface area (Å²) in [5.41, 5.74) is 3.14. The molecule has 0 amide bonds. The van der Waals surface area contributed by atoms with Gasteiger partial charge < -0.3 is 0 Å². The average Bonchev–Trinajstić information content (AvgIpc) is 2.26. The minimum atomic E-state index is 0.0991. The number of unbranched alkanes of at least 4 members (excludes halogenated alkanes) is 1. The van der Waals surface area contributed by atoms with E-state index in [1.807, 2.05) is 26.0 Å². The van der Waals surface area contributed by atoms with Crippen LogP contribution in [0.1, 0.15) is 49.5 Å². The molecule has 0 aromatic heterocycles. The van der Waals surface area contributed by atoms with Gasteiger partial charge in [-0.3, -0.25) is 4.79 Å². The molecule has 0 saturated heterocycles. The molecule has 0 atom stereocenters. The molecule has 1 rings (SSSR count). The summed E-state index contributed by atoms with van der Waals surface area (Å²) in [7, 11) is 0. The Bertz CT molecular complexity index is 367. The first-order valence-electron chi connectivity index (χ1n) is 5.91. The molecule has 1 aromatic carbocycles. The summed E-state index contributed by atoms with van der Waals surface area (Å²) in [5, 5.41) is 0. The van der Waals surface area contributed by atoms with Crippen LogP contribution in [0.5, 0.6) is 0 Å². The summed E-state index contributed by atoms with van der Waals surface area (Å²) in [6.45, 7) is 6.06. The maximum absolute atomic E-state index is 11.7. The van der Waals surface area contributed by atoms with Gasteiger partial charge in [0.2, 0.25) is 0 Å². The molecule has 86 valence electrons. The van der Waals surface area contributed by atoms with Gasteiger partial charge in [-0.1, -0.05) is 43.2 Å². The van der Waals surface area contributed by atoms with Crippen molar-refractivity contribution in [2.45, 2.75) is 40.0 Å². The highest BCUT2D eigenvalue weighted by Gasteiger charge is 2.01. The number of aryl methyl sites for hydroxylation is 1. The summed E-state index contributed by atoms with van der Waals surface area (Å²) < 4.78 is 0. The fourth-order valence-electron chi connectivity index (χ4n) is 1.56. The van der Waals surface area contributed by atoms with Crippen LogP contribution in [0.4, 0.5) is 0 Å². The van der Waals surface area contributed by atoms with Crippen LogP contribution in [-0.2, 0) is 6.42 Å². The van der Waals surface area contributed by atoms with Crippen molar-refractivity contribution in [3.05, 3.63) is 47.0 Å². The van der Waals surface area contributed by atoms with Gasteiger partial charge in [-0.15, -0.1) is 0 Å². The van der Waals surface area contributed by atoms with E-state index in [4.69, 9.17) is 0 Å². The molecule has 0 unspecified atom stereocenters. The second kappa shape index (κ2) is 6.26. The minimum Gasteiger partial charge on any atom is -0.289 e. The van der Waals surface area contributed by atoms with Gasteiger partial charge in [0, 0.05) is 5.56 Å². The van der Waals surface area contributed by atoms with E-state index in [0.29, 0.717) is 0 Å². The number of carbonyl (C=O) groups is 1. The molecule has 1 nitrogen and oxygen atoms in total. The van der Waals surface area contributed by atoms with Gasteiger partial charge in [-0.2, -0.15) is 0 Å². The number of allylic oxidation sites excluding steroid dienone is 2. The van der Waals surface area contributed by atoms with E-state index in [0.717, 1.165) is 17.6 Å². The molecule has 0 heterocycles. The quantitative estimate of drug-likeness (QED) is 0.533. The average molecular weight is 216 g/mol. The maximum atomic E-state index is 11.7. The molecule has 0 aliphatic carbocycles. The third-order valence-corrected chi connectivity index (χ3v) is 2.48. The van der Waals surface area contributed by atoms with Crippen LogP contribution in [0.25, 0.3) is 0 Å². The lowest BCUT2D eigenvalue weighted by molar-refractivity contribution is 0.104. The largest absolute Gasteiger partial charge is 0.289 e. The van der Waals surface area contributed by atoms with Crippen LogP contribution in [0, 0.1) is 0 Å². The highest BCUT2D eigenvalue weighted by Crippen LogP contribution is 2.09. The van der Waals surface area contributed by atoms with E-state index in [-0.39, 0.29) is 5.78 Å². The van der Waals surface area contributed by atoms with Crippen LogP contribution >= 0.6 is 0 Å². The first kappa shape index (κ1) is 12.7. The summed E-state index contributed by atoms with van der Waals surface area (Å²) in [6.07, 6.45) is 5.20. The summed E-state index contributed by atoms with van der Waals surface area (Å²) in [4.78, 5) is 11.7. The highest BCUT2D eigenvalue weighted by molar-refractivity contribution is 6.04. The Morgan fingerprint density at radius 2 is 1.81 bits per heavy atom. The SMILES string of the molecule is CCCCc1ccc(C(=O)C=C(C)C)cc1. The fraction of sp³-hybridized carbons (Fsp3) is 0.400. The maximum Gasteiger partial charge on any atom is 0.185 e. The molecule has 1 aromatic rings. The molecular formula is C15H20O. The van der Waals surface area contributed by atoms with Crippen molar-refractivity contribution in [3.8, 4) is 0 Å². The number of rotatable bonds is 5. The Morgan fingerprint density at radius 3 is 2.31 bits per heavy atom. The highest BCUT2D eigenvalue weighted by atomic mass is 16.1. The number of benzene rings is 1. The molecule has 1 heteroatoms. The molecule has 0 bridgehead atoms. The lowest BCUT2D eigenvalue weighted by atomic mass is 10.0. The van der Waals surface area contributed by atoms with Gasteiger partial charge in [0.15, 0.2) is 5.78 Å². The van der Waals surface area contributed by atoms with E-state index < -0.39 is 0 Å². The number of ketones is 1. The number of carbonyl (C=O) groups excluding carboxylic acids is 1. The third-order valence-electron chi connectivity index (χ3n) is 2.48. The van der Waals surface area contributed by atoms with Gasteiger partial charge in [0.1, 0.15) is 0 Å². The van der Waals surface area contributed by atoms with E-state index in [2.05, 4.69) is 19.1 Å². The number of hydrogen-bond donors (Lipinski definition) is 0. The second-order valence-electron chi connectivity index (χ2n) is 4.39. The Hall–Kier alpha value is -1.37. The molecule has 0 N–H and O–H groups in total. The molecule has 0 spiro atoms. The lowest BCUT2D eigenvalue weighted by Crippen LogP contribution is -1.95. The van der Waals surface area contributed by atoms with Crippen molar-refractivity contribution in [1.82, 2.24) is 0 Å². The Balaban J connectivity index is 2.71. The van der Waals surface area contributed by atoms with E-state index in [1.54, 1.807) is 6.08 Å². The van der Waals surface area contributed by atoms with Crippen molar-refractivity contribution >= 4 is 5.78 Å². The molecule has 0 aliphatic heterocycles. The monoisotopic (exact) mass is 216 g/mol. The Kier molecular flexibility index (Phi) is 4.97. The topological polar surface area (TPSA) is 17.1 Å². The van der Waals surface area contributed by atoms with Crippen molar-refractivity contribution in [1.29, 1.82) is 0 Å². The molecule has 16 heavy (non-hydrogen) atoms. The van der Waals surface area contributed by atoms with Crippen LogP contribution in [0.15, 0.2) is 35.9 Å². The van der Waals surface area contributed by atoms with E-state index in [9.17, 15) is 4.79 Å². The van der Waals surface area contributed by atoms with E-state index >= 15 is 0 Å². The molecule has 0 saturated carbocycles. The lowest BCUT2D eigenvalue weighted by Gasteiger charge is -2.01. The smallest absolute Gasteiger partial charge is 0.185 e. The zero-order chi connectivity index (χ0) is 12.0. The Morgan fingerprint density at radius 1 is 1.19 bits per heavy atom. The van der Waals surface area contributed by atoms with Crippen molar-refractivity contribution in [2.75, 3.05) is 0 Å². The van der Waals surface area contributed by atoms with Gasteiger partial charge in [-0.25, -0.2) is 0 Å². The standard InChI is InChI=1S/C15H20O/c1-4-5-6-13-7-9-14(10-8-13)15(16)11-12(2)3/h7-11H,4-6H2,1-3H3. The number of hydrogen-bond acceptors (Lipinski definition) is 1. The van der Waals surface area contributed by atoms with E-state index in [1.165, 1.54) is 18.4 Å². The van der Waals surface area contributed by atoms with Crippen molar-refractivity contribution in [3.63, 3.8) is 0 Å². The molecule has 0 radical (unpaired) electrons. The van der Waals surface area contributed by atoms with Crippen LogP contribution in [0.3, 0.4) is 0 Å². The molecule has 0 fully saturated rings. The molecule has 0 aliphatic rings. The normalized spacial score (nSPS) is 9.94. The first-order chi connectivity index (χ1) is 7.63. The van der Waals surface area contributed by atoms with Crippen LogP contribution < -0.4 is 0 Å². The third kappa shape index (κ3) is 4.01. The summed E-state index contributed by atoms with van der Waals surface area (Å²) in [5.74, 6) is 0.0991.